The number of rotatable bonds is 1. The summed E-state index contributed by atoms with van der Waals surface area (Å²) < 4.78 is 1.05. The number of hydrazine groups is 1. The molecule has 2 rings (SSSR count). The van der Waals surface area contributed by atoms with E-state index in [0.717, 1.165) is 15.9 Å². The minimum absolute atomic E-state index is 0.561. The van der Waals surface area contributed by atoms with Crippen molar-refractivity contribution in [3.05, 3.63) is 34.3 Å². The minimum Gasteiger partial charge on any atom is -0.287 e. The summed E-state index contributed by atoms with van der Waals surface area (Å²) in [6.45, 7) is 0.561. The molecule has 0 fully saturated rings. The molecular formula is C8H9BrN4. The van der Waals surface area contributed by atoms with Gasteiger partial charge in [-0.3, -0.25) is 10.4 Å². The number of benzene rings is 1. The molecule has 0 amide bonds. The summed E-state index contributed by atoms with van der Waals surface area (Å²) in [5, 5.41) is 5.64. The number of nitrogens with two attached hydrogens (primary N) is 1. The molecule has 0 bridgehead atoms. The molecule has 68 valence electrons. The molecule has 3 N–H and O–H groups in total. The monoisotopic (exact) mass is 240 g/mol. The van der Waals surface area contributed by atoms with Crippen LogP contribution in [-0.2, 0) is 0 Å². The highest BCUT2D eigenvalue weighted by Gasteiger charge is 2.14. The largest absolute Gasteiger partial charge is 0.287 e. The Balaban J connectivity index is 2.30. The van der Waals surface area contributed by atoms with E-state index >= 15 is 0 Å². The predicted molar refractivity (Wildman–Crippen MR) is 54.7 cm³/mol. The maximum absolute atomic E-state index is 5.68. The van der Waals surface area contributed by atoms with Crippen molar-refractivity contribution in [1.29, 1.82) is 0 Å². The summed E-state index contributed by atoms with van der Waals surface area (Å²) in [7, 11) is 0. The average molecular weight is 241 g/mol. The molecule has 1 aromatic carbocycles. The van der Waals surface area contributed by atoms with Crippen LogP contribution in [0.1, 0.15) is 5.56 Å². The number of hydrogen-bond acceptors (Lipinski definition) is 4. The quantitative estimate of drug-likeness (QED) is 0.716. The lowest BCUT2D eigenvalue weighted by molar-refractivity contribution is 0.446. The average Bonchev–Trinajstić information content (AvgIpc) is 2.53. The predicted octanol–water partition coefficient (Wildman–Crippen LogP) is 0.847. The molecule has 13 heavy (non-hydrogen) atoms. The Hall–Kier alpha value is -1.07. The normalized spacial score (nSPS) is 15.5. The number of hydrazone groups is 1. The third-order valence-corrected chi connectivity index (χ3v) is 2.33. The standard InChI is InChI=1S/C8H9BrN4/c9-7-3-1-6(2-4-7)8-12-11-5-13(8)10/h1-4,11H,5,10H2. The van der Waals surface area contributed by atoms with Crippen LogP contribution in [0.2, 0.25) is 0 Å². The fourth-order valence-corrected chi connectivity index (χ4v) is 1.42. The Morgan fingerprint density at radius 1 is 1.38 bits per heavy atom. The van der Waals surface area contributed by atoms with Crippen molar-refractivity contribution in [2.24, 2.45) is 10.9 Å². The first-order valence-electron chi connectivity index (χ1n) is 3.86. The second-order valence-electron chi connectivity index (χ2n) is 2.73. The van der Waals surface area contributed by atoms with Crippen LogP contribution >= 0.6 is 15.9 Å². The topological polar surface area (TPSA) is 53.6 Å². The van der Waals surface area contributed by atoms with E-state index in [1.54, 1.807) is 5.01 Å². The maximum atomic E-state index is 5.68. The zero-order valence-corrected chi connectivity index (χ0v) is 8.45. The molecule has 0 saturated carbocycles. The van der Waals surface area contributed by atoms with Crippen molar-refractivity contribution in [3.8, 4) is 0 Å². The van der Waals surface area contributed by atoms with Crippen molar-refractivity contribution < 1.29 is 0 Å². The van der Waals surface area contributed by atoms with Crippen LogP contribution in [0.4, 0.5) is 0 Å². The van der Waals surface area contributed by atoms with Crippen molar-refractivity contribution in [1.82, 2.24) is 10.4 Å². The number of nitrogens with one attached hydrogen (secondary N) is 1. The van der Waals surface area contributed by atoms with E-state index in [0.29, 0.717) is 6.67 Å². The smallest absolute Gasteiger partial charge is 0.171 e. The molecule has 5 heteroatoms. The van der Waals surface area contributed by atoms with Gasteiger partial charge in [0.2, 0.25) is 0 Å². The Labute approximate surface area is 84.5 Å². The first kappa shape index (κ1) is 8.52. The van der Waals surface area contributed by atoms with Crippen LogP contribution < -0.4 is 11.3 Å². The Bertz CT molecular complexity index is 333. The lowest BCUT2D eigenvalue weighted by Gasteiger charge is -2.11. The van der Waals surface area contributed by atoms with Gasteiger partial charge in [0.1, 0.15) is 6.67 Å². The van der Waals surface area contributed by atoms with Crippen LogP contribution in [0.3, 0.4) is 0 Å². The first-order chi connectivity index (χ1) is 6.27. The molecular weight excluding hydrogens is 232 g/mol. The third kappa shape index (κ3) is 1.66. The van der Waals surface area contributed by atoms with Gasteiger partial charge in [0, 0.05) is 10.0 Å². The second kappa shape index (κ2) is 3.35. The van der Waals surface area contributed by atoms with Crippen LogP contribution in [0.15, 0.2) is 33.8 Å². The van der Waals surface area contributed by atoms with E-state index in [2.05, 4.69) is 26.5 Å². The summed E-state index contributed by atoms with van der Waals surface area (Å²) >= 11 is 3.37. The highest BCUT2D eigenvalue weighted by Crippen LogP contribution is 2.12. The van der Waals surface area contributed by atoms with Crippen LogP contribution in [0, 0.1) is 0 Å². The van der Waals surface area contributed by atoms with Crippen molar-refractivity contribution in [3.63, 3.8) is 0 Å². The van der Waals surface area contributed by atoms with Crippen molar-refractivity contribution in [2.75, 3.05) is 6.67 Å². The summed E-state index contributed by atoms with van der Waals surface area (Å²) in [5.74, 6) is 6.45. The molecule has 0 aromatic heterocycles. The molecule has 1 aromatic rings. The summed E-state index contributed by atoms with van der Waals surface area (Å²) in [6, 6.07) is 7.86. The van der Waals surface area contributed by atoms with Gasteiger partial charge in [0.15, 0.2) is 5.84 Å². The van der Waals surface area contributed by atoms with Crippen molar-refractivity contribution >= 4 is 21.8 Å². The SMILES string of the molecule is NN1CNN=C1c1ccc(Br)cc1. The van der Waals surface area contributed by atoms with Gasteiger partial charge in [-0.1, -0.05) is 28.1 Å². The van der Waals surface area contributed by atoms with E-state index in [1.807, 2.05) is 24.3 Å². The Morgan fingerprint density at radius 3 is 2.62 bits per heavy atom. The molecule has 1 heterocycles. The van der Waals surface area contributed by atoms with Gasteiger partial charge in [0.25, 0.3) is 0 Å². The fraction of sp³-hybridized carbons (Fsp3) is 0.125. The molecule has 0 radical (unpaired) electrons. The van der Waals surface area contributed by atoms with Gasteiger partial charge >= 0.3 is 0 Å². The maximum Gasteiger partial charge on any atom is 0.171 e. The fourth-order valence-electron chi connectivity index (χ4n) is 1.15. The van der Waals surface area contributed by atoms with E-state index in [-0.39, 0.29) is 0 Å². The van der Waals surface area contributed by atoms with Crippen LogP contribution in [0.5, 0.6) is 0 Å². The molecule has 0 aliphatic carbocycles. The van der Waals surface area contributed by atoms with Gasteiger partial charge in [-0.2, -0.15) is 5.10 Å². The number of amidine groups is 1. The van der Waals surface area contributed by atoms with E-state index in [9.17, 15) is 0 Å². The zero-order chi connectivity index (χ0) is 9.26. The van der Waals surface area contributed by atoms with E-state index in [4.69, 9.17) is 5.84 Å². The lowest BCUT2D eigenvalue weighted by Crippen LogP contribution is -2.36. The van der Waals surface area contributed by atoms with Crippen LogP contribution in [-0.4, -0.2) is 17.5 Å². The third-order valence-electron chi connectivity index (χ3n) is 1.80. The number of halogens is 1. The first-order valence-corrected chi connectivity index (χ1v) is 4.65. The molecule has 1 aliphatic heterocycles. The highest BCUT2D eigenvalue weighted by atomic mass is 79.9. The Morgan fingerprint density at radius 2 is 2.08 bits per heavy atom. The molecule has 0 spiro atoms. The van der Waals surface area contributed by atoms with E-state index in [1.165, 1.54) is 0 Å². The van der Waals surface area contributed by atoms with Gasteiger partial charge in [-0.15, -0.1) is 0 Å². The summed E-state index contributed by atoms with van der Waals surface area (Å²) in [4.78, 5) is 0. The highest BCUT2D eigenvalue weighted by molar-refractivity contribution is 9.10. The van der Waals surface area contributed by atoms with Gasteiger partial charge in [0.05, 0.1) is 0 Å². The van der Waals surface area contributed by atoms with Crippen LogP contribution in [0.25, 0.3) is 0 Å². The number of hydrogen-bond donors (Lipinski definition) is 2. The number of nitrogens with zero attached hydrogens (tertiary/aromatic N) is 2. The van der Waals surface area contributed by atoms with Gasteiger partial charge in [-0.05, 0) is 12.1 Å². The zero-order valence-electron chi connectivity index (χ0n) is 6.87. The lowest BCUT2D eigenvalue weighted by atomic mass is 10.2. The molecule has 0 unspecified atom stereocenters. The summed E-state index contributed by atoms with van der Waals surface area (Å²) in [6.07, 6.45) is 0. The van der Waals surface area contributed by atoms with Gasteiger partial charge < -0.3 is 0 Å². The molecule has 4 nitrogen and oxygen atoms in total. The molecule has 1 aliphatic rings. The molecule has 0 atom stereocenters. The van der Waals surface area contributed by atoms with Crippen molar-refractivity contribution in [2.45, 2.75) is 0 Å². The summed E-state index contributed by atoms with van der Waals surface area (Å²) in [5.41, 5.74) is 3.82. The Kier molecular flexibility index (Phi) is 2.20. The van der Waals surface area contributed by atoms with Gasteiger partial charge in [-0.25, -0.2) is 5.84 Å². The van der Waals surface area contributed by atoms with E-state index < -0.39 is 0 Å². The minimum atomic E-state index is 0.561. The second-order valence-corrected chi connectivity index (χ2v) is 3.64. The molecule has 0 saturated heterocycles.